The molecule has 2 atom stereocenters. The fourth-order valence-electron chi connectivity index (χ4n) is 3.94. The van der Waals surface area contributed by atoms with E-state index >= 15 is 0 Å². The maximum atomic E-state index is 12.2. The molecule has 2 aromatic carbocycles. The lowest BCUT2D eigenvalue weighted by atomic mass is 9.89. The molecule has 0 radical (unpaired) electrons. The molecule has 0 aliphatic carbocycles. The number of fused-ring (bicyclic) bond motifs is 1. The van der Waals surface area contributed by atoms with Crippen LogP contribution in [0.5, 0.6) is 0 Å². The number of anilines is 1. The Labute approximate surface area is 165 Å². The van der Waals surface area contributed by atoms with E-state index in [4.69, 9.17) is 0 Å². The molecule has 0 bridgehead atoms. The number of hydrogen-bond donors (Lipinski definition) is 3. The van der Waals surface area contributed by atoms with Crippen LogP contribution in [0, 0.1) is 0 Å². The van der Waals surface area contributed by atoms with Crippen molar-refractivity contribution in [2.45, 2.75) is 38.8 Å². The highest BCUT2D eigenvalue weighted by Gasteiger charge is 2.33. The van der Waals surface area contributed by atoms with E-state index in [0.717, 1.165) is 35.3 Å². The van der Waals surface area contributed by atoms with Gasteiger partial charge in [-0.3, -0.25) is 4.79 Å². The Bertz CT molecular complexity index is 864. The number of amides is 2. The molecule has 1 aliphatic rings. The second kappa shape index (κ2) is 8.44. The summed E-state index contributed by atoms with van der Waals surface area (Å²) < 4.78 is 0. The smallest absolute Gasteiger partial charge is 0.405 e. The number of rotatable bonds is 5. The van der Waals surface area contributed by atoms with Crippen molar-refractivity contribution < 1.29 is 14.7 Å². The Morgan fingerprint density at radius 3 is 2.43 bits per heavy atom. The standard InChI is InChI=1S/C22H27N3O3/c1-14-12-20(24-22(27)28)19-13-18(8-9-21(19)25(14)15(2)26)17-6-4-16(5-7-17)10-11-23-3/h4-9,13-14,20,23-24H,10-12H2,1-3H3,(H,27,28)/t14-,20+/m0/s1. The highest BCUT2D eigenvalue weighted by atomic mass is 16.4. The zero-order valence-corrected chi connectivity index (χ0v) is 16.5. The van der Waals surface area contributed by atoms with E-state index in [1.165, 1.54) is 5.56 Å². The number of nitrogens with zero attached hydrogens (tertiary/aromatic N) is 1. The van der Waals surface area contributed by atoms with Crippen LogP contribution < -0.4 is 15.5 Å². The van der Waals surface area contributed by atoms with Gasteiger partial charge >= 0.3 is 6.09 Å². The predicted octanol–water partition coefficient (Wildman–Crippen LogP) is 3.57. The second-order valence-corrected chi connectivity index (χ2v) is 7.30. The third-order valence-corrected chi connectivity index (χ3v) is 5.27. The Morgan fingerprint density at radius 2 is 1.82 bits per heavy atom. The first-order valence-electron chi connectivity index (χ1n) is 9.57. The minimum absolute atomic E-state index is 0.0378. The Morgan fingerprint density at radius 1 is 1.14 bits per heavy atom. The van der Waals surface area contributed by atoms with Gasteiger partial charge in [0.1, 0.15) is 0 Å². The van der Waals surface area contributed by atoms with E-state index in [2.05, 4.69) is 34.9 Å². The van der Waals surface area contributed by atoms with Crippen LogP contribution in [0.2, 0.25) is 0 Å². The lowest BCUT2D eigenvalue weighted by molar-refractivity contribution is -0.117. The maximum absolute atomic E-state index is 12.2. The van der Waals surface area contributed by atoms with Gasteiger partial charge in [0.05, 0.1) is 6.04 Å². The number of carboxylic acid groups (broad SMARTS) is 1. The number of benzene rings is 2. The van der Waals surface area contributed by atoms with Crippen LogP contribution in [-0.2, 0) is 11.2 Å². The molecule has 6 heteroatoms. The molecule has 0 unspecified atom stereocenters. The van der Waals surface area contributed by atoms with Crippen molar-refractivity contribution in [1.29, 1.82) is 0 Å². The fraction of sp³-hybridized carbons (Fsp3) is 0.364. The van der Waals surface area contributed by atoms with Gasteiger partial charge in [-0.25, -0.2) is 4.79 Å². The van der Waals surface area contributed by atoms with E-state index < -0.39 is 6.09 Å². The molecule has 2 amide bonds. The van der Waals surface area contributed by atoms with Crippen LogP contribution in [0.25, 0.3) is 11.1 Å². The Balaban J connectivity index is 1.98. The van der Waals surface area contributed by atoms with Gasteiger partial charge in [-0.2, -0.15) is 0 Å². The normalized spacial score (nSPS) is 18.5. The van der Waals surface area contributed by atoms with Gasteiger partial charge in [-0.05, 0) is 67.7 Å². The van der Waals surface area contributed by atoms with Gasteiger partial charge in [0.15, 0.2) is 0 Å². The molecule has 0 saturated heterocycles. The number of likely N-dealkylation sites (N-methyl/N-ethyl adjacent to an activating group) is 1. The van der Waals surface area contributed by atoms with E-state index in [0.29, 0.717) is 6.42 Å². The molecule has 1 aliphatic heterocycles. The van der Waals surface area contributed by atoms with Crippen LogP contribution in [0.1, 0.15) is 37.4 Å². The van der Waals surface area contributed by atoms with Crippen molar-refractivity contribution >= 4 is 17.7 Å². The second-order valence-electron chi connectivity index (χ2n) is 7.30. The topological polar surface area (TPSA) is 81.7 Å². The molecule has 3 N–H and O–H groups in total. The first-order valence-corrected chi connectivity index (χ1v) is 9.57. The van der Waals surface area contributed by atoms with Crippen molar-refractivity contribution in [3.05, 3.63) is 53.6 Å². The van der Waals surface area contributed by atoms with E-state index in [9.17, 15) is 14.7 Å². The van der Waals surface area contributed by atoms with Crippen LogP contribution in [0.15, 0.2) is 42.5 Å². The molecule has 6 nitrogen and oxygen atoms in total. The number of carbonyl (C=O) groups is 2. The van der Waals surface area contributed by atoms with Gasteiger partial charge < -0.3 is 20.6 Å². The summed E-state index contributed by atoms with van der Waals surface area (Å²) in [5.74, 6) is -0.0378. The fourth-order valence-corrected chi connectivity index (χ4v) is 3.94. The summed E-state index contributed by atoms with van der Waals surface area (Å²) in [6, 6.07) is 13.9. The molecular weight excluding hydrogens is 354 g/mol. The third kappa shape index (κ3) is 4.17. The van der Waals surface area contributed by atoms with E-state index in [1.54, 1.807) is 11.8 Å². The first kappa shape index (κ1) is 19.9. The molecule has 0 saturated carbocycles. The van der Waals surface area contributed by atoms with Crippen LogP contribution in [-0.4, -0.2) is 36.7 Å². The van der Waals surface area contributed by atoms with Gasteiger partial charge in [0.2, 0.25) is 5.91 Å². The molecule has 28 heavy (non-hydrogen) atoms. The largest absolute Gasteiger partial charge is 0.465 e. The van der Waals surface area contributed by atoms with Crippen molar-refractivity contribution in [3.63, 3.8) is 0 Å². The summed E-state index contributed by atoms with van der Waals surface area (Å²) in [5, 5.41) is 15.0. The summed E-state index contributed by atoms with van der Waals surface area (Å²) in [7, 11) is 1.94. The SMILES string of the molecule is CNCCc1ccc(-c2ccc3c(c2)[C@H](NC(=O)O)C[C@H](C)N3C(C)=O)cc1. The zero-order valence-electron chi connectivity index (χ0n) is 16.5. The van der Waals surface area contributed by atoms with Crippen LogP contribution in [0.4, 0.5) is 10.5 Å². The summed E-state index contributed by atoms with van der Waals surface area (Å²) in [4.78, 5) is 25.2. The highest BCUT2D eigenvalue weighted by molar-refractivity contribution is 5.94. The zero-order chi connectivity index (χ0) is 20.3. The van der Waals surface area contributed by atoms with Crippen molar-refractivity contribution in [2.24, 2.45) is 0 Å². The molecule has 2 aromatic rings. The molecule has 0 fully saturated rings. The van der Waals surface area contributed by atoms with Crippen molar-refractivity contribution in [2.75, 3.05) is 18.5 Å². The quantitative estimate of drug-likeness (QED) is 0.740. The predicted molar refractivity (Wildman–Crippen MR) is 111 cm³/mol. The van der Waals surface area contributed by atoms with Crippen molar-refractivity contribution in [1.82, 2.24) is 10.6 Å². The first-order chi connectivity index (χ1) is 13.4. The average Bonchev–Trinajstić information content (AvgIpc) is 2.66. The minimum atomic E-state index is -1.06. The third-order valence-electron chi connectivity index (χ3n) is 5.27. The lowest BCUT2D eigenvalue weighted by Gasteiger charge is -2.39. The molecule has 0 aromatic heterocycles. The van der Waals surface area contributed by atoms with Crippen molar-refractivity contribution in [3.8, 4) is 11.1 Å². The number of carbonyl (C=O) groups excluding carboxylic acids is 1. The summed E-state index contributed by atoms with van der Waals surface area (Å²) in [6.07, 6.45) is 0.459. The van der Waals surface area contributed by atoms with Crippen LogP contribution in [0.3, 0.4) is 0 Å². The average molecular weight is 381 g/mol. The van der Waals surface area contributed by atoms with Gasteiger partial charge in [-0.1, -0.05) is 30.3 Å². The summed E-state index contributed by atoms with van der Waals surface area (Å²) >= 11 is 0. The number of hydrogen-bond acceptors (Lipinski definition) is 3. The molecule has 1 heterocycles. The lowest BCUT2D eigenvalue weighted by Crippen LogP contribution is -2.45. The summed E-state index contributed by atoms with van der Waals surface area (Å²) in [5.41, 5.74) is 4.96. The highest BCUT2D eigenvalue weighted by Crippen LogP contribution is 2.39. The van der Waals surface area contributed by atoms with Gasteiger partial charge in [0, 0.05) is 18.7 Å². The minimum Gasteiger partial charge on any atom is -0.465 e. The molecule has 148 valence electrons. The Kier molecular flexibility index (Phi) is 5.99. The van der Waals surface area contributed by atoms with E-state index in [-0.39, 0.29) is 18.0 Å². The van der Waals surface area contributed by atoms with Gasteiger partial charge in [0.25, 0.3) is 0 Å². The monoisotopic (exact) mass is 381 g/mol. The maximum Gasteiger partial charge on any atom is 0.405 e. The number of nitrogens with one attached hydrogen (secondary N) is 2. The van der Waals surface area contributed by atoms with Crippen LogP contribution >= 0.6 is 0 Å². The van der Waals surface area contributed by atoms with Gasteiger partial charge in [-0.15, -0.1) is 0 Å². The van der Waals surface area contributed by atoms with E-state index in [1.807, 2.05) is 32.2 Å². The summed E-state index contributed by atoms with van der Waals surface area (Å²) in [6.45, 7) is 4.42. The molecule has 3 rings (SSSR count). The molecular formula is C22H27N3O3. The Hall–Kier alpha value is -2.86. The molecule has 0 spiro atoms.